The maximum absolute atomic E-state index is 11.1. The molecule has 0 bridgehead atoms. The second-order valence-corrected chi connectivity index (χ2v) is 6.61. The second-order valence-electron chi connectivity index (χ2n) is 6.61. The van der Waals surface area contributed by atoms with Crippen LogP contribution in [0.3, 0.4) is 0 Å². The zero-order chi connectivity index (χ0) is 15.4. The van der Waals surface area contributed by atoms with Crippen LogP contribution in [0.4, 0.5) is 0 Å². The molecule has 0 aromatic rings. The molecule has 118 valence electrons. The first-order chi connectivity index (χ1) is 9.67. The lowest BCUT2D eigenvalue weighted by atomic mass is 9.90. The maximum Gasteiger partial charge on any atom is 0.302 e. The van der Waals surface area contributed by atoms with Crippen LogP contribution in [0.1, 0.15) is 34.6 Å². The summed E-state index contributed by atoms with van der Waals surface area (Å²) in [5.41, 5.74) is 0.864. The van der Waals surface area contributed by atoms with Crippen molar-refractivity contribution in [3.8, 4) is 0 Å². The smallest absolute Gasteiger partial charge is 0.302 e. The van der Waals surface area contributed by atoms with E-state index in [-0.39, 0.29) is 37.0 Å². The third-order valence-electron chi connectivity index (χ3n) is 3.80. The monoisotopic (exact) mass is 298 g/mol. The first-order valence-corrected chi connectivity index (χ1v) is 7.22. The van der Waals surface area contributed by atoms with Gasteiger partial charge >= 0.3 is 5.97 Å². The van der Waals surface area contributed by atoms with E-state index in [0.717, 1.165) is 5.57 Å². The summed E-state index contributed by atoms with van der Waals surface area (Å²) in [5.74, 6) is -1.68. The van der Waals surface area contributed by atoms with Gasteiger partial charge in [-0.1, -0.05) is 0 Å². The van der Waals surface area contributed by atoms with Crippen LogP contribution in [0.25, 0.3) is 0 Å². The average Bonchev–Trinajstić information content (AvgIpc) is 2.80. The van der Waals surface area contributed by atoms with Crippen molar-refractivity contribution in [3.63, 3.8) is 0 Å². The molecule has 0 N–H and O–H groups in total. The minimum absolute atomic E-state index is 0.183. The summed E-state index contributed by atoms with van der Waals surface area (Å²) in [6.45, 7) is 9.05. The number of carbonyl (C=O) groups is 1. The van der Waals surface area contributed by atoms with Crippen molar-refractivity contribution in [2.45, 2.75) is 70.6 Å². The molecule has 4 atom stereocenters. The van der Waals surface area contributed by atoms with Gasteiger partial charge in [-0.15, -0.1) is 0 Å². The Labute approximate surface area is 124 Å². The molecule has 3 aliphatic rings. The number of esters is 1. The molecule has 2 heterocycles. The summed E-state index contributed by atoms with van der Waals surface area (Å²) in [4.78, 5) is 11.1. The van der Waals surface area contributed by atoms with Gasteiger partial charge in [0.15, 0.2) is 11.6 Å². The minimum atomic E-state index is -0.699. The Bertz CT molecular complexity index is 481. The Morgan fingerprint density at radius 1 is 1.10 bits per heavy atom. The summed E-state index contributed by atoms with van der Waals surface area (Å²) in [5, 5.41) is 0. The highest BCUT2D eigenvalue weighted by Gasteiger charge is 2.56. The zero-order valence-electron chi connectivity index (χ0n) is 13.0. The van der Waals surface area contributed by atoms with Gasteiger partial charge in [-0.3, -0.25) is 4.79 Å². The molecule has 0 amide bonds. The van der Waals surface area contributed by atoms with E-state index in [1.165, 1.54) is 6.92 Å². The summed E-state index contributed by atoms with van der Waals surface area (Å²) < 4.78 is 28.9. The van der Waals surface area contributed by atoms with E-state index < -0.39 is 11.6 Å². The fraction of sp³-hybridized carbons (Fsp3) is 0.800. The fourth-order valence-corrected chi connectivity index (χ4v) is 3.14. The Morgan fingerprint density at radius 3 is 2.38 bits per heavy atom. The largest absolute Gasteiger partial charge is 0.461 e. The molecular formula is C15H22O6. The summed E-state index contributed by atoms with van der Waals surface area (Å²) in [7, 11) is 0. The summed E-state index contributed by atoms with van der Waals surface area (Å²) >= 11 is 0. The predicted molar refractivity (Wildman–Crippen MR) is 72.4 cm³/mol. The van der Waals surface area contributed by atoms with Gasteiger partial charge in [0, 0.05) is 6.92 Å². The summed E-state index contributed by atoms with van der Waals surface area (Å²) in [6, 6.07) is 0. The molecule has 3 rings (SSSR count). The summed E-state index contributed by atoms with van der Waals surface area (Å²) in [6.07, 6.45) is 0.964. The van der Waals surface area contributed by atoms with E-state index in [0.29, 0.717) is 0 Å². The van der Waals surface area contributed by atoms with Gasteiger partial charge < -0.3 is 23.7 Å². The molecule has 0 spiro atoms. The SMILES string of the molecule is CC(=O)OCC1=C[C@@H]2OC(C)(C)O[C@@H]2[C@H]2OC(C)(C)O[C@@H]12. The number of hydrogen-bond donors (Lipinski definition) is 0. The number of hydrogen-bond acceptors (Lipinski definition) is 6. The molecule has 6 heteroatoms. The molecule has 1 aliphatic carbocycles. The molecule has 2 aliphatic heterocycles. The van der Waals surface area contributed by atoms with Gasteiger partial charge in [0.2, 0.25) is 0 Å². The van der Waals surface area contributed by atoms with Crippen molar-refractivity contribution in [2.75, 3.05) is 6.61 Å². The molecule has 0 unspecified atom stereocenters. The van der Waals surface area contributed by atoms with Gasteiger partial charge in [0.05, 0.1) is 0 Å². The van der Waals surface area contributed by atoms with Crippen molar-refractivity contribution in [2.24, 2.45) is 0 Å². The Balaban J connectivity index is 1.87. The molecule has 0 radical (unpaired) electrons. The van der Waals surface area contributed by atoms with Gasteiger partial charge in [-0.05, 0) is 39.3 Å². The van der Waals surface area contributed by atoms with E-state index in [9.17, 15) is 4.79 Å². The normalized spacial score (nSPS) is 39.4. The topological polar surface area (TPSA) is 63.2 Å². The quantitative estimate of drug-likeness (QED) is 0.569. The Kier molecular flexibility index (Phi) is 3.40. The van der Waals surface area contributed by atoms with E-state index in [4.69, 9.17) is 23.7 Å². The number of ether oxygens (including phenoxy) is 5. The van der Waals surface area contributed by atoms with Crippen molar-refractivity contribution < 1.29 is 28.5 Å². The van der Waals surface area contributed by atoms with Gasteiger partial charge in [-0.25, -0.2) is 0 Å². The highest BCUT2D eigenvalue weighted by molar-refractivity contribution is 5.66. The van der Waals surface area contributed by atoms with Crippen molar-refractivity contribution in [3.05, 3.63) is 11.6 Å². The van der Waals surface area contributed by atoms with Crippen LogP contribution in [-0.2, 0) is 28.5 Å². The van der Waals surface area contributed by atoms with E-state index in [1.54, 1.807) is 0 Å². The molecule has 2 fully saturated rings. The van der Waals surface area contributed by atoms with Gasteiger partial charge in [0.1, 0.15) is 31.0 Å². The number of carbonyl (C=O) groups excluding carboxylic acids is 1. The van der Waals surface area contributed by atoms with Crippen LogP contribution >= 0.6 is 0 Å². The van der Waals surface area contributed by atoms with Crippen molar-refractivity contribution in [1.82, 2.24) is 0 Å². The number of fused-ring (bicyclic) bond motifs is 3. The predicted octanol–water partition coefficient (Wildman–Crippen LogP) is 1.53. The Morgan fingerprint density at radius 2 is 1.71 bits per heavy atom. The van der Waals surface area contributed by atoms with E-state index in [1.807, 2.05) is 33.8 Å². The Hall–Kier alpha value is -0.950. The number of rotatable bonds is 2. The highest BCUT2D eigenvalue weighted by atomic mass is 16.8. The zero-order valence-corrected chi connectivity index (χ0v) is 13.0. The van der Waals surface area contributed by atoms with Crippen molar-refractivity contribution >= 4 is 5.97 Å². The molecule has 0 aromatic heterocycles. The lowest BCUT2D eigenvalue weighted by molar-refractivity contribution is -0.175. The molecule has 21 heavy (non-hydrogen) atoms. The molecule has 0 aromatic carbocycles. The van der Waals surface area contributed by atoms with Crippen LogP contribution in [-0.4, -0.2) is 48.6 Å². The molecule has 2 saturated heterocycles. The highest BCUT2D eigenvalue weighted by Crippen LogP contribution is 2.44. The molecule has 0 saturated carbocycles. The first-order valence-electron chi connectivity index (χ1n) is 7.22. The van der Waals surface area contributed by atoms with Crippen LogP contribution in [0.2, 0.25) is 0 Å². The molecule has 6 nitrogen and oxygen atoms in total. The van der Waals surface area contributed by atoms with Gasteiger partial charge in [-0.2, -0.15) is 0 Å². The molecular weight excluding hydrogens is 276 g/mol. The lowest BCUT2D eigenvalue weighted by Crippen LogP contribution is -2.46. The van der Waals surface area contributed by atoms with Crippen LogP contribution < -0.4 is 0 Å². The first kappa shape index (κ1) is 15.0. The minimum Gasteiger partial charge on any atom is -0.461 e. The van der Waals surface area contributed by atoms with E-state index >= 15 is 0 Å². The standard InChI is InChI=1S/C15H22O6/c1-8(16)17-7-9-6-10-12(20-14(2,3)18-10)13-11(9)19-15(4,5)21-13/h6,10-13H,7H2,1-5H3/t10-,11-,12-,13-/m0/s1. The van der Waals surface area contributed by atoms with Crippen LogP contribution in [0, 0.1) is 0 Å². The fourth-order valence-electron chi connectivity index (χ4n) is 3.14. The second kappa shape index (κ2) is 4.78. The van der Waals surface area contributed by atoms with Crippen LogP contribution in [0.15, 0.2) is 11.6 Å². The van der Waals surface area contributed by atoms with Crippen LogP contribution in [0.5, 0.6) is 0 Å². The average molecular weight is 298 g/mol. The van der Waals surface area contributed by atoms with Crippen molar-refractivity contribution in [1.29, 1.82) is 0 Å². The van der Waals surface area contributed by atoms with Gasteiger partial charge in [0.25, 0.3) is 0 Å². The lowest BCUT2D eigenvalue weighted by Gasteiger charge is -2.30. The third-order valence-corrected chi connectivity index (χ3v) is 3.80. The third kappa shape index (κ3) is 2.85. The van der Waals surface area contributed by atoms with E-state index in [2.05, 4.69) is 0 Å². The maximum atomic E-state index is 11.1.